The number of pyridine rings is 1. The molecule has 1 aliphatic rings. The van der Waals surface area contributed by atoms with Crippen molar-refractivity contribution in [3.63, 3.8) is 0 Å². The van der Waals surface area contributed by atoms with Crippen molar-refractivity contribution in [1.82, 2.24) is 20.2 Å². The van der Waals surface area contributed by atoms with Crippen LogP contribution in [0.1, 0.15) is 44.1 Å². The molecular weight excluding hydrogens is 486 g/mol. The van der Waals surface area contributed by atoms with E-state index in [0.29, 0.717) is 19.0 Å². The van der Waals surface area contributed by atoms with Crippen LogP contribution in [0.25, 0.3) is 31.9 Å². The zero-order chi connectivity index (χ0) is 25.1. The number of benzene rings is 1. The number of fused-ring (bicyclic) bond motifs is 2. The van der Waals surface area contributed by atoms with Gasteiger partial charge in [0.25, 0.3) is 0 Å². The van der Waals surface area contributed by atoms with E-state index < -0.39 is 0 Å². The van der Waals surface area contributed by atoms with Crippen molar-refractivity contribution in [1.29, 1.82) is 0 Å². The molecule has 36 heavy (non-hydrogen) atoms. The summed E-state index contributed by atoms with van der Waals surface area (Å²) in [5.74, 6) is 0.0547. The van der Waals surface area contributed by atoms with Crippen LogP contribution in [0, 0.1) is 0 Å². The van der Waals surface area contributed by atoms with E-state index in [1.165, 1.54) is 10.4 Å². The number of anilines is 1. The van der Waals surface area contributed by atoms with Crippen LogP contribution in [0.3, 0.4) is 0 Å². The predicted molar refractivity (Wildman–Crippen MR) is 152 cm³/mol. The van der Waals surface area contributed by atoms with E-state index >= 15 is 0 Å². The Morgan fingerprint density at radius 3 is 2.75 bits per heavy atom. The molecule has 0 bridgehead atoms. The van der Waals surface area contributed by atoms with E-state index in [2.05, 4.69) is 59.5 Å². The minimum Gasteiger partial charge on any atom is -0.317 e. The Balaban J connectivity index is 1.47. The highest BCUT2D eigenvalue weighted by atomic mass is 32.1. The molecule has 2 N–H and O–H groups in total. The van der Waals surface area contributed by atoms with Gasteiger partial charge in [0.15, 0.2) is 0 Å². The first-order valence-electron chi connectivity index (χ1n) is 12.8. The van der Waals surface area contributed by atoms with E-state index in [1.54, 1.807) is 22.7 Å². The monoisotopic (exact) mass is 519 g/mol. The van der Waals surface area contributed by atoms with E-state index in [0.717, 1.165) is 69.4 Å². The summed E-state index contributed by atoms with van der Waals surface area (Å²) in [5, 5.41) is 8.61. The van der Waals surface area contributed by atoms with Crippen molar-refractivity contribution in [2.24, 2.45) is 0 Å². The molecular formula is C28H33N5OS2. The summed E-state index contributed by atoms with van der Waals surface area (Å²) in [6, 6.07) is 10.9. The third-order valence-electron chi connectivity index (χ3n) is 6.91. The van der Waals surface area contributed by atoms with Gasteiger partial charge in [0.05, 0.1) is 10.2 Å². The lowest BCUT2D eigenvalue weighted by Gasteiger charge is -2.25. The molecule has 0 spiro atoms. The molecule has 5 rings (SSSR count). The number of hydrogen-bond acceptors (Lipinski definition) is 7. The second-order valence-corrected chi connectivity index (χ2v) is 11.5. The largest absolute Gasteiger partial charge is 0.317 e. The molecule has 6 nitrogen and oxygen atoms in total. The van der Waals surface area contributed by atoms with Gasteiger partial charge >= 0.3 is 0 Å². The molecule has 8 heteroatoms. The molecule has 0 radical (unpaired) electrons. The number of rotatable bonds is 9. The van der Waals surface area contributed by atoms with Crippen LogP contribution in [0.2, 0.25) is 0 Å². The van der Waals surface area contributed by atoms with Gasteiger partial charge in [0.1, 0.15) is 10.0 Å². The number of amides is 1. The molecule has 0 saturated heterocycles. The Hall–Kier alpha value is -2.65. The van der Waals surface area contributed by atoms with Crippen molar-refractivity contribution in [3.8, 4) is 21.7 Å². The maximum Gasteiger partial charge on any atom is 0.226 e. The highest BCUT2D eigenvalue weighted by Crippen LogP contribution is 2.46. The van der Waals surface area contributed by atoms with Gasteiger partial charge in [0.2, 0.25) is 5.91 Å². The van der Waals surface area contributed by atoms with Crippen LogP contribution in [-0.2, 0) is 17.8 Å². The zero-order valence-corrected chi connectivity index (χ0v) is 22.8. The average molecular weight is 520 g/mol. The van der Waals surface area contributed by atoms with Crippen molar-refractivity contribution >= 4 is 43.8 Å². The molecule has 188 valence electrons. The number of carbonyl (C=O) groups excluding carboxylic acids is 1. The summed E-state index contributed by atoms with van der Waals surface area (Å²) < 4.78 is 1.16. The molecule has 0 saturated carbocycles. The summed E-state index contributed by atoms with van der Waals surface area (Å²) in [7, 11) is 0. The van der Waals surface area contributed by atoms with Gasteiger partial charge < -0.3 is 10.6 Å². The number of nitrogens with one attached hydrogen (secondary N) is 2. The maximum atomic E-state index is 12.9. The third-order valence-corrected chi connectivity index (χ3v) is 9.09. The second kappa shape index (κ2) is 11.2. The van der Waals surface area contributed by atoms with Crippen LogP contribution in [-0.4, -0.2) is 46.5 Å². The quantitative estimate of drug-likeness (QED) is 0.276. The van der Waals surface area contributed by atoms with Crippen LogP contribution in [0.5, 0.6) is 0 Å². The summed E-state index contributed by atoms with van der Waals surface area (Å²) in [4.78, 5) is 25.9. The second-order valence-electron chi connectivity index (χ2n) is 9.33. The summed E-state index contributed by atoms with van der Waals surface area (Å²) >= 11 is 3.43. The van der Waals surface area contributed by atoms with Gasteiger partial charge in [-0.1, -0.05) is 19.9 Å². The van der Waals surface area contributed by atoms with E-state index in [9.17, 15) is 4.79 Å². The Bertz CT molecular complexity index is 1350. The Morgan fingerprint density at radius 2 is 1.97 bits per heavy atom. The van der Waals surface area contributed by atoms with E-state index in [4.69, 9.17) is 4.98 Å². The fourth-order valence-corrected chi connectivity index (χ4v) is 6.96. The van der Waals surface area contributed by atoms with Crippen LogP contribution < -0.4 is 10.6 Å². The molecule has 3 aromatic heterocycles. The Kier molecular flexibility index (Phi) is 7.76. The minimum atomic E-state index is 0.0547. The molecule has 0 unspecified atom stereocenters. The Labute approximate surface area is 220 Å². The van der Waals surface area contributed by atoms with Gasteiger partial charge in [-0.15, -0.1) is 22.7 Å². The first kappa shape index (κ1) is 25.0. The van der Waals surface area contributed by atoms with Gasteiger partial charge in [-0.05, 0) is 67.3 Å². The number of thiazole rings is 1. The van der Waals surface area contributed by atoms with Crippen molar-refractivity contribution in [3.05, 3.63) is 53.2 Å². The van der Waals surface area contributed by atoms with Gasteiger partial charge in [-0.25, -0.2) is 4.98 Å². The lowest BCUT2D eigenvalue weighted by Crippen LogP contribution is -2.29. The topological polar surface area (TPSA) is 70.1 Å². The van der Waals surface area contributed by atoms with Crippen molar-refractivity contribution in [2.75, 3.05) is 25.0 Å². The van der Waals surface area contributed by atoms with Gasteiger partial charge in [-0.2, -0.15) is 0 Å². The van der Waals surface area contributed by atoms with Gasteiger partial charge in [-0.3, -0.25) is 14.7 Å². The summed E-state index contributed by atoms with van der Waals surface area (Å²) in [6.45, 7) is 10.2. The SMILES string of the molecule is CC[C@H](C)NCCC(=O)Nc1sc2c(c1-c1nc3cc(-c4ccncc4)ccc3s1)CCN(CC)C2. The van der Waals surface area contributed by atoms with Crippen LogP contribution in [0.15, 0.2) is 42.7 Å². The summed E-state index contributed by atoms with van der Waals surface area (Å²) in [5.41, 5.74) is 5.74. The normalized spacial score (nSPS) is 14.6. The molecule has 1 atom stereocenters. The molecule has 1 amide bonds. The number of thiophene rings is 1. The standard InChI is InChI=1S/C28H33N5OS2/c1-4-18(3)30-14-10-25(34)32-28-26(21-11-15-33(5-2)17-24(21)36-28)27-31-22-16-20(6-7-23(22)35-27)19-8-12-29-13-9-19/h6-9,12-13,16,18,30H,4-5,10-11,14-15,17H2,1-3H3,(H,32,34)/t18-/m0/s1. The lowest BCUT2D eigenvalue weighted by atomic mass is 10.0. The fourth-order valence-electron chi connectivity index (χ4n) is 4.56. The highest BCUT2D eigenvalue weighted by molar-refractivity contribution is 7.23. The Morgan fingerprint density at radius 1 is 1.14 bits per heavy atom. The van der Waals surface area contributed by atoms with E-state index in [1.807, 2.05) is 24.5 Å². The minimum absolute atomic E-state index is 0.0547. The summed E-state index contributed by atoms with van der Waals surface area (Å²) in [6.07, 6.45) is 6.13. The fraction of sp³-hybridized carbons (Fsp3) is 0.393. The first-order valence-corrected chi connectivity index (χ1v) is 14.4. The maximum absolute atomic E-state index is 12.9. The zero-order valence-electron chi connectivity index (χ0n) is 21.1. The smallest absolute Gasteiger partial charge is 0.226 e. The number of aromatic nitrogens is 2. The van der Waals surface area contributed by atoms with E-state index in [-0.39, 0.29) is 5.91 Å². The number of likely N-dealkylation sites (N-methyl/N-ethyl adjacent to an activating group) is 1. The van der Waals surface area contributed by atoms with Crippen LogP contribution in [0.4, 0.5) is 5.00 Å². The molecule has 0 aliphatic carbocycles. The molecule has 0 fully saturated rings. The average Bonchev–Trinajstić information content (AvgIpc) is 3.48. The first-order chi connectivity index (χ1) is 17.6. The molecule has 4 heterocycles. The third kappa shape index (κ3) is 5.37. The van der Waals surface area contributed by atoms with Crippen molar-refractivity contribution in [2.45, 2.75) is 52.6 Å². The number of hydrogen-bond donors (Lipinski definition) is 2. The van der Waals surface area contributed by atoms with Crippen LogP contribution >= 0.6 is 22.7 Å². The molecule has 4 aromatic rings. The lowest BCUT2D eigenvalue weighted by molar-refractivity contribution is -0.116. The van der Waals surface area contributed by atoms with Crippen molar-refractivity contribution < 1.29 is 4.79 Å². The number of carbonyl (C=O) groups is 1. The van der Waals surface area contributed by atoms with Gasteiger partial charge in [0, 0.05) is 54.9 Å². The highest BCUT2D eigenvalue weighted by Gasteiger charge is 2.27. The molecule has 1 aliphatic heterocycles. The predicted octanol–water partition coefficient (Wildman–Crippen LogP) is 6.18. The number of nitrogens with zero attached hydrogens (tertiary/aromatic N) is 3. The molecule has 1 aromatic carbocycles.